The molecule has 0 bridgehead atoms. The second kappa shape index (κ2) is 7.39. The van der Waals surface area contributed by atoms with Gasteiger partial charge in [0.15, 0.2) is 0 Å². The van der Waals surface area contributed by atoms with Crippen molar-refractivity contribution in [3.05, 3.63) is 29.3 Å². The van der Waals surface area contributed by atoms with Gasteiger partial charge in [0, 0.05) is 5.56 Å². The van der Waals surface area contributed by atoms with E-state index in [9.17, 15) is 0 Å². The van der Waals surface area contributed by atoms with Crippen LogP contribution in [0, 0.1) is 6.92 Å². The lowest BCUT2D eigenvalue weighted by atomic mass is 10.0. The minimum absolute atomic E-state index is 0.161. The van der Waals surface area contributed by atoms with E-state index in [1.54, 1.807) is 7.11 Å². The Morgan fingerprint density at radius 3 is 2.61 bits per heavy atom. The summed E-state index contributed by atoms with van der Waals surface area (Å²) in [5.74, 6) is 0.910. The molecule has 0 saturated carbocycles. The van der Waals surface area contributed by atoms with Crippen molar-refractivity contribution in [2.45, 2.75) is 39.3 Å². The highest BCUT2D eigenvalue weighted by atomic mass is 16.5. The topological polar surface area (TPSA) is 30.5 Å². The quantitative estimate of drug-likeness (QED) is 0.808. The van der Waals surface area contributed by atoms with Gasteiger partial charge in [0.2, 0.25) is 0 Å². The van der Waals surface area contributed by atoms with Gasteiger partial charge in [0.05, 0.1) is 25.9 Å². The normalized spacial score (nSPS) is 14.3. The van der Waals surface area contributed by atoms with E-state index in [1.165, 1.54) is 5.56 Å². The molecule has 0 aliphatic carbocycles. The smallest absolute Gasteiger partial charge is 0.123 e. The zero-order valence-electron chi connectivity index (χ0n) is 12.1. The summed E-state index contributed by atoms with van der Waals surface area (Å²) in [6.07, 6.45) is 1.32. The van der Waals surface area contributed by atoms with Crippen LogP contribution in [0.2, 0.25) is 0 Å². The van der Waals surface area contributed by atoms with Gasteiger partial charge >= 0.3 is 0 Å². The Kier molecular flexibility index (Phi) is 6.16. The zero-order valence-corrected chi connectivity index (χ0v) is 12.1. The fourth-order valence-electron chi connectivity index (χ4n) is 1.83. The summed E-state index contributed by atoms with van der Waals surface area (Å²) >= 11 is 0. The van der Waals surface area contributed by atoms with Crippen LogP contribution in [-0.4, -0.2) is 26.9 Å². The van der Waals surface area contributed by atoms with Crippen LogP contribution in [0.3, 0.4) is 0 Å². The molecule has 0 aliphatic heterocycles. The van der Waals surface area contributed by atoms with Crippen LogP contribution >= 0.6 is 0 Å². The zero-order chi connectivity index (χ0) is 13.5. The standard InChI is InChI=1S/C15H25NO2/c1-6-12(3)18-10-14(16-4)13-9-11(2)7-8-15(13)17-5/h7-9,12,14,16H,6,10H2,1-5H3. The predicted molar refractivity (Wildman–Crippen MR) is 75.2 cm³/mol. The minimum atomic E-state index is 0.161. The van der Waals surface area contributed by atoms with Crippen molar-refractivity contribution in [2.24, 2.45) is 0 Å². The third kappa shape index (κ3) is 4.00. The van der Waals surface area contributed by atoms with E-state index in [1.807, 2.05) is 13.1 Å². The molecule has 1 aromatic carbocycles. The molecule has 18 heavy (non-hydrogen) atoms. The Hall–Kier alpha value is -1.06. The number of methoxy groups -OCH3 is 1. The summed E-state index contributed by atoms with van der Waals surface area (Å²) < 4.78 is 11.2. The van der Waals surface area contributed by atoms with Crippen LogP contribution in [0.1, 0.15) is 37.4 Å². The molecule has 102 valence electrons. The summed E-state index contributed by atoms with van der Waals surface area (Å²) in [5.41, 5.74) is 2.39. The van der Waals surface area contributed by atoms with Gasteiger partial charge in [-0.1, -0.05) is 24.6 Å². The number of ether oxygens (including phenoxy) is 2. The molecule has 0 aromatic heterocycles. The molecule has 3 heteroatoms. The van der Waals surface area contributed by atoms with Crippen molar-refractivity contribution in [1.82, 2.24) is 5.32 Å². The number of likely N-dealkylation sites (N-methyl/N-ethyl adjacent to an activating group) is 1. The molecule has 0 heterocycles. The van der Waals surface area contributed by atoms with Gasteiger partial charge in [0.1, 0.15) is 5.75 Å². The molecule has 0 saturated heterocycles. The van der Waals surface area contributed by atoms with E-state index in [0.29, 0.717) is 6.61 Å². The molecule has 1 aromatic rings. The molecular weight excluding hydrogens is 226 g/mol. The van der Waals surface area contributed by atoms with Gasteiger partial charge < -0.3 is 14.8 Å². The summed E-state index contributed by atoms with van der Waals surface area (Å²) in [6, 6.07) is 6.39. The van der Waals surface area contributed by atoms with Crippen molar-refractivity contribution >= 4 is 0 Å². The summed E-state index contributed by atoms with van der Waals surface area (Å²) in [7, 11) is 3.66. The first kappa shape index (κ1) is 15.0. The molecule has 3 nitrogen and oxygen atoms in total. The SMILES string of the molecule is CCC(C)OCC(NC)c1cc(C)ccc1OC. The molecule has 1 rings (SSSR count). The van der Waals surface area contributed by atoms with Crippen molar-refractivity contribution < 1.29 is 9.47 Å². The first-order valence-electron chi connectivity index (χ1n) is 6.55. The lowest BCUT2D eigenvalue weighted by Gasteiger charge is -2.22. The number of aryl methyl sites for hydroxylation is 1. The van der Waals surface area contributed by atoms with E-state index >= 15 is 0 Å². The van der Waals surface area contributed by atoms with Crippen LogP contribution in [-0.2, 0) is 4.74 Å². The molecular formula is C15H25NO2. The van der Waals surface area contributed by atoms with Crippen molar-refractivity contribution in [1.29, 1.82) is 0 Å². The molecule has 0 amide bonds. The molecule has 0 aliphatic rings. The van der Waals surface area contributed by atoms with Gasteiger partial charge in [-0.2, -0.15) is 0 Å². The average Bonchev–Trinajstić information content (AvgIpc) is 2.39. The van der Waals surface area contributed by atoms with Crippen LogP contribution in [0.4, 0.5) is 0 Å². The fourth-order valence-corrected chi connectivity index (χ4v) is 1.83. The second-order valence-electron chi connectivity index (χ2n) is 4.64. The lowest BCUT2D eigenvalue weighted by molar-refractivity contribution is 0.0483. The Bertz CT molecular complexity index is 366. The van der Waals surface area contributed by atoms with Crippen LogP contribution < -0.4 is 10.1 Å². The van der Waals surface area contributed by atoms with Gasteiger partial charge in [-0.05, 0) is 33.4 Å². The van der Waals surface area contributed by atoms with Crippen LogP contribution in [0.15, 0.2) is 18.2 Å². The fraction of sp³-hybridized carbons (Fsp3) is 0.600. The Balaban J connectivity index is 2.83. The third-order valence-corrected chi connectivity index (χ3v) is 3.23. The maximum Gasteiger partial charge on any atom is 0.123 e. The summed E-state index contributed by atoms with van der Waals surface area (Å²) in [5, 5.41) is 3.29. The molecule has 0 fully saturated rings. The molecule has 2 unspecified atom stereocenters. The van der Waals surface area contributed by atoms with E-state index in [-0.39, 0.29) is 12.1 Å². The predicted octanol–water partition coefficient (Wildman–Crippen LogP) is 3.08. The number of hydrogen-bond acceptors (Lipinski definition) is 3. The largest absolute Gasteiger partial charge is 0.496 e. The Morgan fingerprint density at radius 1 is 1.33 bits per heavy atom. The first-order chi connectivity index (χ1) is 8.62. The highest BCUT2D eigenvalue weighted by Crippen LogP contribution is 2.26. The van der Waals surface area contributed by atoms with E-state index < -0.39 is 0 Å². The number of benzene rings is 1. The second-order valence-corrected chi connectivity index (χ2v) is 4.64. The van der Waals surface area contributed by atoms with Gasteiger partial charge in [0.25, 0.3) is 0 Å². The van der Waals surface area contributed by atoms with E-state index in [4.69, 9.17) is 9.47 Å². The van der Waals surface area contributed by atoms with Crippen LogP contribution in [0.5, 0.6) is 5.75 Å². The lowest BCUT2D eigenvalue weighted by Crippen LogP contribution is -2.24. The van der Waals surface area contributed by atoms with Crippen molar-refractivity contribution in [2.75, 3.05) is 20.8 Å². The average molecular weight is 251 g/mol. The number of hydrogen-bond donors (Lipinski definition) is 1. The van der Waals surface area contributed by atoms with Crippen LogP contribution in [0.25, 0.3) is 0 Å². The van der Waals surface area contributed by atoms with Gasteiger partial charge in [-0.3, -0.25) is 0 Å². The monoisotopic (exact) mass is 251 g/mol. The molecule has 1 N–H and O–H groups in total. The van der Waals surface area contributed by atoms with Gasteiger partial charge in [-0.15, -0.1) is 0 Å². The third-order valence-electron chi connectivity index (χ3n) is 3.23. The Labute approximate surface area is 110 Å². The maximum absolute atomic E-state index is 5.82. The molecule has 2 atom stereocenters. The highest BCUT2D eigenvalue weighted by molar-refractivity contribution is 5.39. The Morgan fingerprint density at radius 2 is 2.06 bits per heavy atom. The van der Waals surface area contributed by atoms with Crippen molar-refractivity contribution in [3.63, 3.8) is 0 Å². The van der Waals surface area contributed by atoms with Gasteiger partial charge in [-0.25, -0.2) is 0 Å². The van der Waals surface area contributed by atoms with E-state index in [2.05, 4.69) is 38.2 Å². The number of rotatable bonds is 7. The van der Waals surface area contributed by atoms with E-state index in [0.717, 1.165) is 17.7 Å². The molecule has 0 radical (unpaired) electrons. The first-order valence-corrected chi connectivity index (χ1v) is 6.55. The van der Waals surface area contributed by atoms with Crippen molar-refractivity contribution in [3.8, 4) is 5.75 Å². The maximum atomic E-state index is 5.82. The number of nitrogens with one attached hydrogen (secondary N) is 1. The minimum Gasteiger partial charge on any atom is -0.496 e. The summed E-state index contributed by atoms with van der Waals surface area (Å²) in [4.78, 5) is 0. The highest BCUT2D eigenvalue weighted by Gasteiger charge is 2.15. The molecule has 0 spiro atoms. The summed E-state index contributed by atoms with van der Waals surface area (Å²) in [6.45, 7) is 6.98.